The van der Waals surface area contributed by atoms with Crippen molar-refractivity contribution in [1.82, 2.24) is 29.5 Å². The molecule has 30 heavy (non-hydrogen) atoms. The number of anilines is 1. The fourth-order valence-electron chi connectivity index (χ4n) is 3.54. The van der Waals surface area contributed by atoms with E-state index in [-0.39, 0.29) is 47.8 Å². The lowest BCUT2D eigenvalue weighted by molar-refractivity contribution is -0.146. The average molecular weight is 422 g/mol. The zero-order chi connectivity index (χ0) is 21.0. The molecule has 2 aliphatic rings. The summed E-state index contributed by atoms with van der Waals surface area (Å²) in [6.07, 6.45) is 0.580. The lowest BCUT2D eigenvalue weighted by atomic mass is 10.2. The maximum absolute atomic E-state index is 13.5. The van der Waals surface area contributed by atoms with Crippen molar-refractivity contribution in [3.8, 4) is 5.88 Å². The van der Waals surface area contributed by atoms with E-state index in [9.17, 15) is 23.1 Å². The minimum absolute atomic E-state index is 0.0240. The first-order valence-electron chi connectivity index (χ1n) is 9.45. The predicted molar refractivity (Wildman–Crippen MR) is 97.7 cm³/mol. The maximum Gasteiger partial charge on any atom is 0.408 e. The van der Waals surface area contributed by atoms with E-state index >= 15 is 0 Å². The average Bonchev–Trinajstić information content (AvgIpc) is 3.07. The summed E-state index contributed by atoms with van der Waals surface area (Å²) >= 11 is 0. The van der Waals surface area contributed by atoms with Crippen molar-refractivity contribution in [2.75, 3.05) is 11.4 Å². The van der Waals surface area contributed by atoms with Gasteiger partial charge in [0.05, 0.1) is 12.2 Å². The highest BCUT2D eigenvalue weighted by atomic mass is 19.4. The second kappa shape index (κ2) is 6.57. The number of rotatable bonds is 3. The maximum atomic E-state index is 13.5. The summed E-state index contributed by atoms with van der Waals surface area (Å²) in [5, 5.41) is 14.4. The Balaban J connectivity index is 1.71. The summed E-state index contributed by atoms with van der Waals surface area (Å²) in [7, 11) is 0. The first-order valence-corrected chi connectivity index (χ1v) is 9.45. The van der Waals surface area contributed by atoms with Crippen molar-refractivity contribution in [3.63, 3.8) is 0 Å². The molecule has 13 heteroatoms. The molecular formula is C17H17F3N8O2. The Morgan fingerprint density at radius 2 is 2.03 bits per heavy atom. The van der Waals surface area contributed by atoms with Gasteiger partial charge in [0.1, 0.15) is 11.7 Å². The molecule has 10 nitrogen and oxygen atoms in total. The number of H-pyrrole nitrogens is 2. The Hall–Kier alpha value is -3.38. The van der Waals surface area contributed by atoms with Crippen LogP contribution in [0.15, 0.2) is 16.0 Å². The van der Waals surface area contributed by atoms with Crippen molar-refractivity contribution in [2.45, 2.75) is 43.9 Å². The van der Waals surface area contributed by atoms with Crippen molar-refractivity contribution >= 4 is 17.7 Å². The van der Waals surface area contributed by atoms with E-state index in [1.165, 1.54) is 16.8 Å². The van der Waals surface area contributed by atoms with Crippen LogP contribution in [0.25, 0.3) is 11.7 Å². The third-order valence-corrected chi connectivity index (χ3v) is 5.13. The van der Waals surface area contributed by atoms with E-state index in [1.807, 2.05) is 0 Å². The molecule has 0 amide bonds. The highest BCUT2D eigenvalue weighted by Gasteiger charge is 2.47. The van der Waals surface area contributed by atoms with Crippen molar-refractivity contribution in [2.24, 2.45) is 4.99 Å². The van der Waals surface area contributed by atoms with E-state index in [1.54, 1.807) is 0 Å². The fourth-order valence-corrected chi connectivity index (χ4v) is 3.54. The topological polar surface area (TPSA) is 128 Å². The molecule has 0 aromatic carbocycles. The number of nitrogens with one attached hydrogen (secondary N) is 2. The number of aromatic amines is 2. The molecule has 2 fully saturated rings. The highest BCUT2D eigenvalue weighted by molar-refractivity contribution is 5.57. The molecule has 0 radical (unpaired) electrons. The molecule has 5 rings (SSSR count). The Labute approximate surface area is 165 Å². The fraction of sp³-hybridized carbons (Fsp3) is 0.471. The lowest BCUT2D eigenvalue weighted by Gasteiger charge is -2.26. The highest BCUT2D eigenvalue weighted by Crippen LogP contribution is 2.34. The Morgan fingerprint density at radius 3 is 2.70 bits per heavy atom. The summed E-state index contributed by atoms with van der Waals surface area (Å²) in [5.41, 5.74) is -0.0874. The zero-order valence-corrected chi connectivity index (χ0v) is 15.5. The monoisotopic (exact) mass is 422 g/mol. The summed E-state index contributed by atoms with van der Waals surface area (Å²) < 4.78 is 41.8. The van der Waals surface area contributed by atoms with Crippen molar-refractivity contribution < 1.29 is 18.3 Å². The molecule has 0 bridgehead atoms. The first-order chi connectivity index (χ1) is 14.3. The van der Waals surface area contributed by atoms with E-state index in [0.29, 0.717) is 11.6 Å². The third kappa shape index (κ3) is 3.29. The van der Waals surface area contributed by atoms with E-state index < -0.39 is 17.9 Å². The largest absolute Gasteiger partial charge is 0.493 e. The molecule has 1 unspecified atom stereocenters. The van der Waals surface area contributed by atoms with Crippen LogP contribution in [0.1, 0.15) is 31.4 Å². The molecule has 3 aromatic heterocycles. The van der Waals surface area contributed by atoms with Crippen LogP contribution in [0.4, 0.5) is 19.1 Å². The molecule has 1 saturated heterocycles. The van der Waals surface area contributed by atoms with Gasteiger partial charge < -0.3 is 15.0 Å². The first kappa shape index (κ1) is 18.6. The van der Waals surface area contributed by atoms with E-state index in [2.05, 4.69) is 30.0 Å². The van der Waals surface area contributed by atoms with Crippen LogP contribution >= 0.6 is 0 Å². The zero-order valence-electron chi connectivity index (χ0n) is 15.5. The normalized spacial score (nSPS) is 21.3. The van der Waals surface area contributed by atoms with Crippen LogP contribution in [0, 0.1) is 0 Å². The van der Waals surface area contributed by atoms with Gasteiger partial charge >= 0.3 is 11.9 Å². The minimum atomic E-state index is -4.40. The van der Waals surface area contributed by atoms with Crippen LogP contribution in [-0.4, -0.2) is 59.5 Å². The van der Waals surface area contributed by atoms with Gasteiger partial charge in [-0.15, -0.1) is 0 Å². The van der Waals surface area contributed by atoms with Crippen molar-refractivity contribution in [1.29, 1.82) is 0 Å². The third-order valence-electron chi connectivity index (χ3n) is 5.13. The lowest BCUT2D eigenvalue weighted by Crippen LogP contribution is -2.43. The number of aromatic nitrogens is 6. The van der Waals surface area contributed by atoms with Crippen LogP contribution in [0.2, 0.25) is 0 Å². The van der Waals surface area contributed by atoms with Crippen molar-refractivity contribution in [3.05, 3.63) is 33.2 Å². The van der Waals surface area contributed by atoms with Gasteiger partial charge in [0, 0.05) is 11.8 Å². The van der Waals surface area contributed by atoms with Gasteiger partial charge in [-0.1, -0.05) is 0 Å². The predicted octanol–water partition coefficient (Wildman–Crippen LogP) is -0.0118. The molecule has 0 spiro atoms. The number of hydrogen-bond donors (Lipinski definition) is 3. The molecule has 4 heterocycles. The number of halogens is 3. The van der Waals surface area contributed by atoms with Gasteiger partial charge in [0.15, 0.2) is 5.65 Å². The Bertz CT molecular complexity index is 1290. The Morgan fingerprint density at radius 1 is 1.23 bits per heavy atom. The second-order valence-corrected chi connectivity index (χ2v) is 7.40. The van der Waals surface area contributed by atoms with Gasteiger partial charge in [0.2, 0.25) is 11.8 Å². The van der Waals surface area contributed by atoms with Gasteiger partial charge in [-0.2, -0.15) is 32.8 Å². The minimum Gasteiger partial charge on any atom is -0.493 e. The molecule has 158 valence electrons. The summed E-state index contributed by atoms with van der Waals surface area (Å²) in [6.45, 7) is 0.183. The molecule has 1 aliphatic heterocycles. The van der Waals surface area contributed by atoms with Crippen LogP contribution in [0.3, 0.4) is 0 Å². The van der Waals surface area contributed by atoms with Crippen LogP contribution < -0.4 is 21.4 Å². The van der Waals surface area contributed by atoms with Gasteiger partial charge in [-0.05, 0) is 31.8 Å². The standard InChI is InChI=1S/C17H17F3N8O2/c18-17(19,20)11-2-1-5-27(11)14-24-12-8(6-10-13(29)25-16(30)23-10)7-21-28(12)15(26-14)22-9-3-4-9/h6-7,9,11,29H,1-5H2,(H2,23,25,30)/b8-6+,22-15?. The summed E-state index contributed by atoms with van der Waals surface area (Å²) in [6, 6.07) is -1.59. The van der Waals surface area contributed by atoms with Gasteiger partial charge in [0.25, 0.3) is 5.62 Å². The number of aromatic hydroxyl groups is 1. The Kier molecular flexibility index (Phi) is 4.08. The van der Waals surface area contributed by atoms with Crippen LogP contribution in [0.5, 0.6) is 5.88 Å². The molecule has 3 N–H and O–H groups in total. The molecule has 1 atom stereocenters. The molecule has 1 saturated carbocycles. The SMILES string of the molecule is O=c1[nH]c(O)c(/C=c2\cnn3c(=NC4CC4)nc(N4CCCC4C(F)(F)F)nc23)[nH]1. The number of fused-ring (bicyclic) bond motifs is 1. The quantitative estimate of drug-likeness (QED) is 0.545. The second-order valence-electron chi connectivity index (χ2n) is 7.40. The van der Waals surface area contributed by atoms with E-state index in [0.717, 1.165) is 17.7 Å². The summed E-state index contributed by atoms with van der Waals surface area (Å²) in [4.78, 5) is 30.3. The molecular weight excluding hydrogens is 405 g/mol. The van der Waals surface area contributed by atoms with Gasteiger partial charge in [-0.3, -0.25) is 4.98 Å². The smallest absolute Gasteiger partial charge is 0.408 e. The number of hydrogen-bond acceptors (Lipinski definition) is 7. The number of nitrogens with zero attached hydrogens (tertiary/aromatic N) is 6. The molecule has 3 aromatic rings. The number of imidazole rings is 1. The van der Waals surface area contributed by atoms with Gasteiger partial charge in [-0.25, -0.2) is 9.79 Å². The van der Waals surface area contributed by atoms with Crippen LogP contribution in [-0.2, 0) is 0 Å². The molecule has 1 aliphatic carbocycles. The van der Waals surface area contributed by atoms with E-state index in [4.69, 9.17) is 0 Å². The summed E-state index contributed by atoms with van der Waals surface area (Å²) in [5.74, 6) is -0.433. The number of alkyl halides is 3.